The lowest BCUT2D eigenvalue weighted by Gasteiger charge is -2.33. The van der Waals surface area contributed by atoms with Gasteiger partial charge in [0.25, 0.3) is 5.91 Å². The molecule has 0 unspecified atom stereocenters. The molecule has 0 heterocycles. The van der Waals surface area contributed by atoms with Crippen LogP contribution in [0.2, 0.25) is 0 Å². The van der Waals surface area contributed by atoms with Gasteiger partial charge >= 0.3 is 23.9 Å². The standard InChI is InChI=1S/C19H13F10NO2/c1-9-7-10(15(31)30-2)8-13(20)14(9)32-12-5-3-11(4-6-12)16(21,22)17(23,24)18(25,26)19(27,28)29/h3-8H,1-2H3,(H,30,31). The van der Waals surface area contributed by atoms with Gasteiger partial charge in [0, 0.05) is 18.2 Å². The molecule has 1 N–H and O–H groups in total. The van der Waals surface area contributed by atoms with Crippen LogP contribution in [0.3, 0.4) is 0 Å². The molecule has 32 heavy (non-hydrogen) atoms. The van der Waals surface area contributed by atoms with Gasteiger partial charge in [-0.05, 0) is 48.9 Å². The van der Waals surface area contributed by atoms with Crippen LogP contribution in [0.25, 0.3) is 0 Å². The van der Waals surface area contributed by atoms with E-state index in [-0.39, 0.29) is 23.3 Å². The van der Waals surface area contributed by atoms with Crippen LogP contribution in [-0.2, 0) is 5.92 Å². The number of carbonyl (C=O) groups is 1. The first kappa shape index (κ1) is 25.3. The van der Waals surface area contributed by atoms with Crippen LogP contribution >= 0.6 is 0 Å². The lowest BCUT2D eigenvalue weighted by Crippen LogP contribution is -2.59. The quantitative estimate of drug-likeness (QED) is 0.503. The molecule has 0 aliphatic heterocycles. The molecule has 0 saturated carbocycles. The number of halogens is 10. The molecular formula is C19H13F10NO2. The molecule has 3 nitrogen and oxygen atoms in total. The maximum Gasteiger partial charge on any atom is 0.460 e. The Hall–Kier alpha value is -2.99. The van der Waals surface area contributed by atoms with Gasteiger partial charge in [0.05, 0.1) is 0 Å². The molecule has 0 aliphatic carbocycles. The highest BCUT2D eigenvalue weighted by Crippen LogP contribution is 2.56. The van der Waals surface area contributed by atoms with E-state index in [9.17, 15) is 48.7 Å². The second-order valence-corrected chi connectivity index (χ2v) is 6.53. The second kappa shape index (κ2) is 8.17. The fourth-order valence-electron chi connectivity index (χ4n) is 2.54. The number of rotatable bonds is 6. The lowest BCUT2D eigenvalue weighted by atomic mass is 9.97. The van der Waals surface area contributed by atoms with Gasteiger partial charge in [-0.25, -0.2) is 4.39 Å². The van der Waals surface area contributed by atoms with Gasteiger partial charge in [0.1, 0.15) is 5.75 Å². The number of alkyl halides is 9. The van der Waals surface area contributed by atoms with Gasteiger partial charge in [-0.2, -0.15) is 39.5 Å². The summed E-state index contributed by atoms with van der Waals surface area (Å²) in [6, 6.07) is 3.40. The van der Waals surface area contributed by atoms with Crippen molar-refractivity contribution in [3.63, 3.8) is 0 Å². The summed E-state index contributed by atoms with van der Waals surface area (Å²) in [5.41, 5.74) is -1.85. The monoisotopic (exact) mass is 477 g/mol. The first-order valence-electron chi connectivity index (χ1n) is 8.48. The summed E-state index contributed by atoms with van der Waals surface area (Å²) in [6.45, 7) is 1.33. The minimum Gasteiger partial charge on any atom is -0.454 e. The van der Waals surface area contributed by atoms with E-state index >= 15 is 0 Å². The third-order valence-electron chi connectivity index (χ3n) is 4.30. The third kappa shape index (κ3) is 4.19. The Morgan fingerprint density at radius 1 is 0.875 bits per heavy atom. The molecule has 176 valence electrons. The number of ether oxygens (including phenoxy) is 1. The average molecular weight is 477 g/mol. The molecule has 0 fully saturated rings. The van der Waals surface area contributed by atoms with E-state index in [1.165, 1.54) is 20.0 Å². The van der Waals surface area contributed by atoms with Crippen molar-refractivity contribution >= 4 is 5.91 Å². The van der Waals surface area contributed by atoms with Crippen molar-refractivity contribution in [1.82, 2.24) is 5.32 Å². The summed E-state index contributed by atoms with van der Waals surface area (Å²) in [4.78, 5) is 11.6. The average Bonchev–Trinajstić information content (AvgIpc) is 2.69. The molecule has 2 rings (SSSR count). The molecule has 0 spiro atoms. The summed E-state index contributed by atoms with van der Waals surface area (Å²) in [7, 11) is 1.30. The van der Waals surface area contributed by atoms with Crippen molar-refractivity contribution < 1.29 is 53.4 Å². The molecule has 0 aliphatic rings. The normalized spacial score (nSPS) is 13.1. The van der Waals surface area contributed by atoms with E-state index in [0.29, 0.717) is 12.1 Å². The highest BCUT2D eigenvalue weighted by molar-refractivity contribution is 5.94. The summed E-state index contributed by atoms with van der Waals surface area (Å²) < 4.78 is 137. The Bertz CT molecular complexity index is 977. The SMILES string of the molecule is CNC(=O)c1cc(C)c(Oc2ccc(C(F)(F)C(F)(F)C(F)(F)C(F)(F)F)cc2)c(F)c1. The highest BCUT2D eigenvalue weighted by atomic mass is 19.4. The molecule has 13 heteroatoms. The summed E-state index contributed by atoms with van der Waals surface area (Å²) in [5, 5.41) is 2.25. The van der Waals surface area contributed by atoms with Crippen molar-refractivity contribution in [3.05, 3.63) is 58.9 Å². The van der Waals surface area contributed by atoms with Crippen LogP contribution < -0.4 is 10.1 Å². The number of amides is 1. The third-order valence-corrected chi connectivity index (χ3v) is 4.30. The number of hydrogen-bond acceptors (Lipinski definition) is 2. The maximum atomic E-state index is 14.2. The molecule has 0 atom stereocenters. The van der Waals surface area contributed by atoms with E-state index in [1.807, 2.05) is 0 Å². The Kier molecular flexibility index (Phi) is 6.45. The van der Waals surface area contributed by atoms with Crippen molar-refractivity contribution in [2.75, 3.05) is 7.05 Å². The molecule has 0 saturated heterocycles. The second-order valence-electron chi connectivity index (χ2n) is 6.53. The van der Waals surface area contributed by atoms with Crippen LogP contribution in [0.15, 0.2) is 36.4 Å². The van der Waals surface area contributed by atoms with Crippen LogP contribution in [0.4, 0.5) is 43.9 Å². The fourth-order valence-corrected chi connectivity index (χ4v) is 2.54. The van der Waals surface area contributed by atoms with Crippen LogP contribution in [0.1, 0.15) is 21.5 Å². The van der Waals surface area contributed by atoms with E-state index in [1.54, 1.807) is 0 Å². The van der Waals surface area contributed by atoms with Crippen LogP contribution in [-0.4, -0.2) is 31.0 Å². The Morgan fingerprint density at radius 3 is 1.84 bits per heavy atom. The zero-order valence-electron chi connectivity index (χ0n) is 16.1. The number of nitrogens with one attached hydrogen (secondary N) is 1. The minimum absolute atomic E-state index is 0.0716. The van der Waals surface area contributed by atoms with Crippen LogP contribution in [0.5, 0.6) is 11.5 Å². The summed E-state index contributed by atoms with van der Waals surface area (Å²) in [6.07, 6.45) is -6.93. The smallest absolute Gasteiger partial charge is 0.454 e. The molecule has 1 amide bonds. The molecule has 0 bridgehead atoms. The predicted octanol–water partition coefficient (Wildman–Crippen LogP) is 6.21. The number of carbonyl (C=O) groups excluding carboxylic acids is 1. The van der Waals surface area contributed by atoms with Gasteiger partial charge in [-0.1, -0.05) is 0 Å². The topological polar surface area (TPSA) is 38.3 Å². The molecule has 0 aromatic heterocycles. The molecule has 2 aromatic rings. The van der Waals surface area contributed by atoms with Crippen molar-refractivity contribution in [2.45, 2.75) is 30.9 Å². The zero-order chi connectivity index (χ0) is 24.7. The summed E-state index contributed by atoms with van der Waals surface area (Å²) >= 11 is 0. The van der Waals surface area contributed by atoms with Gasteiger partial charge in [0.2, 0.25) is 0 Å². The summed E-state index contributed by atoms with van der Waals surface area (Å²) in [5.74, 6) is -22.3. The van der Waals surface area contributed by atoms with Crippen molar-refractivity contribution in [1.29, 1.82) is 0 Å². The number of hydrogen-bond donors (Lipinski definition) is 1. The van der Waals surface area contributed by atoms with Gasteiger partial charge in [0.15, 0.2) is 11.6 Å². The van der Waals surface area contributed by atoms with E-state index in [0.717, 1.165) is 6.07 Å². The van der Waals surface area contributed by atoms with E-state index < -0.39 is 52.7 Å². The molecule has 0 radical (unpaired) electrons. The van der Waals surface area contributed by atoms with Gasteiger partial charge < -0.3 is 10.1 Å². The predicted molar refractivity (Wildman–Crippen MR) is 90.9 cm³/mol. The first-order valence-corrected chi connectivity index (χ1v) is 8.48. The van der Waals surface area contributed by atoms with Gasteiger partial charge in [-0.15, -0.1) is 0 Å². The Morgan fingerprint density at radius 2 is 1.41 bits per heavy atom. The number of aryl methyl sites for hydroxylation is 1. The molecule has 2 aromatic carbocycles. The van der Waals surface area contributed by atoms with E-state index in [2.05, 4.69) is 5.32 Å². The maximum absolute atomic E-state index is 14.2. The minimum atomic E-state index is -7.02. The van der Waals surface area contributed by atoms with Gasteiger partial charge in [-0.3, -0.25) is 4.79 Å². The zero-order valence-corrected chi connectivity index (χ0v) is 16.1. The number of benzene rings is 2. The van der Waals surface area contributed by atoms with Crippen LogP contribution in [0, 0.1) is 12.7 Å². The highest BCUT2D eigenvalue weighted by Gasteiger charge is 2.82. The first-order chi connectivity index (χ1) is 14.5. The van der Waals surface area contributed by atoms with Crippen molar-refractivity contribution in [2.24, 2.45) is 0 Å². The fraction of sp³-hybridized carbons (Fsp3) is 0.316. The Labute approximate surface area is 174 Å². The van der Waals surface area contributed by atoms with Crippen molar-refractivity contribution in [3.8, 4) is 11.5 Å². The van der Waals surface area contributed by atoms with E-state index in [4.69, 9.17) is 4.74 Å². The largest absolute Gasteiger partial charge is 0.460 e. The molecular weight excluding hydrogens is 464 g/mol. The lowest BCUT2D eigenvalue weighted by molar-refractivity contribution is -0.399. The Balaban J connectivity index is 2.36.